The normalized spacial score (nSPS) is 17.9. The molecule has 2 aliphatic heterocycles. The first kappa shape index (κ1) is 29.5. The molecule has 0 amide bonds. The van der Waals surface area contributed by atoms with Crippen molar-refractivity contribution < 1.29 is 0 Å². The highest BCUT2D eigenvalue weighted by Gasteiger charge is 2.39. The molecule has 2 saturated heterocycles. The van der Waals surface area contributed by atoms with E-state index in [-0.39, 0.29) is 11.1 Å². The van der Waals surface area contributed by atoms with E-state index in [4.69, 9.17) is 48.9 Å². The van der Waals surface area contributed by atoms with Gasteiger partial charge >= 0.3 is 0 Å². The zero-order valence-electron chi connectivity index (χ0n) is 21.0. The second-order valence-corrected chi connectivity index (χ2v) is 13.9. The Morgan fingerprint density at radius 1 is 0.667 bits per heavy atom. The summed E-state index contributed by atoms with van der Waals surface area (Å²) in [5.74, 6) is 4.68. The van der Waals surface area contributed by atoms with Crippen LogP contribution in [0.5, 0.6) is 0 Å². The van der Waals surface area contributed by atoms with Gasteiger partial charge in [-0.25, -0.2) is 0 Å². The van der Waals surface area contributed by atoms with Crippen LogP contribution in [0.4, 0.5) is 0 Å². The molecule has 2 aliphatic rings. The lowest BCUT2D eigenvalue weighted by atomic mass is 10.00. The summed E-state index contributed by atoms with van der Waals surface area (Å²) in [6, 6.07) is 0. The van der Waals surface area contributed by atoms with Crippen LogP contribution in [0, 0.1) is 0 Å². The van der Waals surface area contributed by atoms with Crippen LogP contribution in [0.3, 0.4) is 0 Å². The minimum Gasteiger partial charge on any atom is -0.342 e. The van der Waals surface area contributed by atoms with Crippen LogP contribution in [0.15, 0.2) is 0 Å². The van der Waals surface area contributed by atoms with Gasteiger partial charge in [0.15, 0.2) is 10.2 Å². The van der Waals surface area contributed by atoms with Crippen molar-refractivity contribution >= 4 is 92.6 Å². The predicted octanol–water partition coefficient (Wildman–Crippen LogP) is 5.68. The van der Waals surface area contributed by atoms with Crippen molar-refractivity contribution in [2.75, 3.05) is 49.2 Å². The van der Waals surface area contributed by atoms with Crippen molar-refractivity contribution in [3.63, 3.8) is 0 Å². The maximum atomic E-state index is 5.67. The number of thioether (sulfide) groups is 2. The largest absolute Gasteiger partial charge is 0.342 e. The smallest absolute Gasteiger partial charge is 0.177 e. The van der Waals surface area contributed by atoms with Gasteiger partial charge in [-0.05, 0) is 108 Å². The Morgan fingerprint density at radius 3 is 1.33 bits per heavy atom. The molecule has 33 heavy (non-hydrogen) atoms. The molecule has 2 heterocycles. The molecule has 0 aromatic rings. The number of thiocarbonyl (C=S) groups is 4. The lowest BCUT2D eigenvalue weighted by molar-refractivity contribution is 0.303. The summed E-state index contributed by atoms with van der Waals surface area (Å²) in [6.07, 6.45) is 3.41. The fraction of sp³-hybridized carbons (Fsp3) is 0.826. The summed E-state index contributed by atoms with van der Waals surface area (Å²) in [5, 5.41) is 1.80. The molecule has 0 saturated carbocycles. The van der Waals surface area contributed by atoms with Crippen molar-refractivity contribution in [3.05, 3.63) is 0 Å². The van der Waals surface area contributed by atoms with Gasteiger partial charge in [-0.15, -0.1) is 0 Å². The molecule has 2 fully saturated rings. The minimum atomic E-state index is -0.0184. The first-order valence-corrected chi connectivity index (χ1v) is 15.8. The van der Waals surface area contributed by atoms with Crippen LogP contribution in [0.2, 0.25) is 0 Å². The number of nitrogens with zero attached hydrogens (tertiary/aromatic N) is 4. The van der Waals surface area contributed by atoms with Gasteiger partial charge in [0.05, 0.1) is 13.1 Å². The third-order valence-electron chi connectivity index (χ3n) is 6.34. The Labute approximate surface area is 231 Å². The van der Waals surface area contributed by atoms with Gasteiger partial charge < -0.3 is 19.6 Å². The molecule has 0 radical (unpaired) electrons. The summed E-state index contributed by atoms with van der Waals surface area (Å²) in [7, 11) is 0. The topological polar surface area (TPSA) is 13.0 Å². The Morgan fingerprint density at radius 2 is 1.03 bits per heavy atom. The maximum absolute atomic E-state index is 5.67. The van der Waals surface area contributed by atoms with E-state index in [9.17, 15) is 0 Å². The minimum absolute atomic E-state index is 0.0184. The van der Waals surface area contributed by atoms with Gasteiger partial charge in [-0.2, -0.15) is 23.5 Å². The van der Waals surface area contributed by atoms with E-state index in [0.29, 0.717) is 0 Å². The highest BCUT2D eigenvalue weighted by atomic mass is 32.2. The third-order valence-corrected chi connectivity index (χ3v) is 9.99. The average molecular weight is 565 g/mol. The van der Waals surface area contributed by atoms with Crippen LogP contribution < -0.4 is 0 Å². The van der Waals surface area contributed by atoms with Crippen LogP contribution >= 0.6 is 72.4 Å². The zero-order valence-corrected chi connectivity index (χ0v) is 25.9. The molecule has 10 heteroatoms. The third kappa shape index (κ3) is 7.62. The summed E-state index contributed by atoms with van der Waals surface area (Å²) in [4.78, 5) is 10.7. The van der Waals surface area contributed by atoms with Crippen molar-refractivity contribution in [2.45, 2.75) is 71.9 Å². The van der Waals surface area contributed by atoms with E-state index >= 15 is 0 Å². The summed E-state index contributed by atoms with van der Waals surface area (Å²) in [6.45, 7) is 16.8. The van der Waals surface area contributed by atoms with Gasteiger partial charge in [0.1, 0.15) is 9.98 Å². The molecule has 2 rings (SSSR count). The molecule has 0 spiro atoms. The summed E-state index contributed by atoms with van der Waals surface area (Å²) >= 11 is 26.7. The molecule has 0 N–H and O–H groups in total. The molecular weight excluding hydrogens is 525 g/mol. The first-order valence-electron chi connectivity index (χ1n) is 11.9. The lowest BCUT2D eigenvalue weighted by Gasteiger charge is -2.37. The van der Waals surface area contributed by atoms with Crippen LogP contribution in [-0.2, 0) is 0 Å². The molecule has 0 aliphatic carbocycles. The standard InChI is InChI=1S/C23H40N4S6/c1-7-24-16-18(28)26(20(24)30)22(3,4)10-14-32-12-9-13-33-15-11-23(5,6)27-19(29)17-25(8-2)21(27)31/h7-17H2,1-6H3. The van der Waals surface area contributed by atoms with E-state index in [2.05, 4.69) is 61.1 Å². The lowest BCUT2D eigenvalue weighted by Crippen LogP contribution is -2.48. The predicted molar refractivity (Wildman–Crippen MR) is 165 cm³/mol. The summed E-state index contributed by atoms with van der Waals surface area (Å²) in [5.41, 5.74) is -0.0367. The van der Waals surface area contributed by atoms with E-state index in [1.54, 1.807) is 0 Å². The SMILES string of the molecule is CCN1CC(=S)N(C(C)(C)CCSCCCSCCC(C)(C)N2C(=S)CN(CC)C2=S)C1=S. The second-order valence-electron chi connectivity index (χ2n) is 9.75. The van der Waals surface area contributed by atoms with Crippen molar-refractivity contribution in [1.82, 2.24) is 19.6 Å². The van der Waals surface area contributed by atoms with Gasteiger partial charge in [0.25, 0.3) is 0 Å². The van der Waals surface area contributed by atoms with E-state index in [1.165, 1.54) is 17.9 Å². The molecule has 4 nitrogen and oxygen atoms in total. The fourth-order valence-electron chi connectivity index (χ4n) is 4.12. The Balaban J connectivity index is 1.61. The highest BCUT2D eigenvalue weighted by molar-refractivity contribution is 8.00. The Kier molecular flexibility index (Phi) is 11.6. The van der Waals surface area contributed by atoms with Crippen molar-refractivity contribution in [2.24, 2.45) is 0 Å². The molecular formula is C23H40N4S6. The highest BCUT2D eigenvalue weighted by Crippen LogP contribution is 2.29. The van der Waals surface area contributed by atoms with E-state index < -0.39 is 0 Å². The fourth-order valence-corrected chi connectivity index (χ4v) is 8.89. The molecule has 0 bridgehead atoms. The van der Waals surface area contributed by atoms with E-state index in [1.807, 2.05) is 23.5 Å². The van der Waals surface area contributed by atoms with Crippen LogP contribution in [-0.4, -0.2) is 100 Å². The molecule has 0 unspecified atom stereocenters. The van der Waals surface area contributed by atoms with Gasteiger partial charge in [-0.3, -0.25) is 0 Å². The Bertz CT molecular complexity index is 678. The van der Waals surface area contributed by atoms with Gasteiger partial charge in [0, 0.05) is 24.2 Å². The number of hydrogen-bond acceptors (Lipinski definition) is 6. The molecule has 0 aromatic heterocycles. The van der Waals surface area contributed by atoms with Gasteiger partial charge in [-0.1, -0.05) is 24.4 Å². The monoisotopic (exact) mass is 564 g/mol. The zero-order chi connectivity index (χ0) is 24.8. The molecule has 0 atom stereocenters. The quantitative estimate of drug-likeness (QED) is 0.192. The van der Waals surface area contributed by atoms with Gasteiger partial charge in [0.2, 0.25) is 0 Å². The van der Waals surface area contributed by atoms with Crippen molar-refractivity contribution in [3.8, 4) is 0 Å². The van der Waals surface area contributed by atoms with Crippen LogP contribution in [0.1, 0.15) is 60.8 Å². The summed E-state index contributed by atoms with van der Waals surface area (Å²) < 4.78 is 0. The Hall–Kier alpha value is 0.260. The number of hydrogen-bond donors (Lipinski definition) is 0. The number of likely N-dealkylation sites (N-methyl/N-ethyl adjacent to an activating group) is 2. The first-order chi connectivity index (χ1) is 15.5. The van der Waals surface area contributed by atoms with Crippen LogP contribution in [0.25, 0.3) is 0 Å². The molecule has 188 valence electrons. The van der Waals surface area contributed by atoms with E-state index in [0.717, 1.165) is 70.7 Å². The molecule has 0 aromatic carbocycles. The number of rotatable bonds is 14. The maximum Gasteiger partial charge on any atom is 0.177 e. The van der Waals surface area contributed by atoms with Crippen molar-refractivity contribution in [1.29, 1.82) is 0 Å². The average Bonchev–Trinajstić information content (AvgIpc) is 3.20. The second kappa shape index (κ2) is 13.0.